The van der Waals surface area contributed by atoms with Crippen molar-refractivity contribution in [3.8, 4) is 23.0 Å². The van der Waals surface area contributed by atoms with Gasteiger partial charge in [-0.15, -0.1) is 0 Å². The third-order valence-electron chi connectivity index (χ3n) is 6.25. The first-order valence-electron chi connectivity index (χ1n) is 10.9. The van der Waals surface area contributed by atoms with Gasteiger partial charge in [0, 0.05) is 23.0 Å². The molecule has 0 amide bonds. The predicted molar refractivity (Wildman–Crippen MR) is 126 cm³/mol. The fourth-order valence-corrected chi connectivity index (χ4v) is 4.30. The first-order valence-corrected chi connectivity index (χ1v) is 10.9. The van der Waals surface area contributed by atoms with E-state index in [2.05, 4.69) is 0 Å². The van der Waals surface area contributed by atoms with Crippen LogP contribution in [0.1, 0.15) is 75.6 Å². The number of fused-ring (bicyclic) bond motifs is 2. The molecule has 2 N–H and O–H groups in total. The molecule has 32 heavy (non-hydrogen) atoms. The van der Waals surface area contributed by atoms with Crippen molar-refractivity contribution in [2.24, 2.45) is 0 Å². The first-order chi connectivity index (χ1) is 14.9. The van der Waals surface area contributed by atoms with E-state index in [0.29, 0.717) is 33.8 Å². The Morgan fingerprint density at radius 1 is 0.750 bits per heavy atom. The topological polar surface area (TPSA) is 76.0 Å². The van der Waals surface area contributed by atoms with Gasteiger partial charge in [-0.2, -0.15) is 0 Å². The van der Waals surface area contributed by atoms with Crippen molar-refractivity contribution in [1.29, 1.82) is 0 Å². The standard InChI is InChI=1S/C27H30O5/c1-15(17-7-9-21-19(24(17)29)11-13-26(3,4)31-21)23(28)16(2)18-8-10-22-20(25(18)30)12-14-27(5,6)32-22/h7-16,29-30H,1-6H3. The van der Waals surface area contributed by atoms with Gasteiger partial charge in [-0.1, -0.05) is 26.0 Å². The summed E-state index contributed by atoms with van der Waals surface area (Å²) in [6, 6.07) is 7.07. The Morgan fingerprint density at radius 3 is 1.50 bits per heavy atom. The van der Waals surface area contributed by atoms with Crippen LogP contribution in [0.4, 0.5) is 0 Å². The van der Waals surface area contributed by atoms with E-state index in [4.69, 9.17) is 9.47 Å². The lowest BCUT2D eigenvalue weighted by Gasteiger charge is -2.30. The predicted octanol–water partition coefficient (Wildman–Crippen LogP) is 5.94. The molecule has 2 aromatic carbocycles. The molecule has 5 nitrogen and oxygen atoms in total. The number of ether oxygens (including phenoxy) is 2. The van der Waals surface area contributed by atoms with Gasteiger partial charge in [0.1, 0.15) is 40.0 Å². The average Bonchev–Trinajstić information content (AvgIpc) is 2.71. The van der Waals surface area contributed by atoms with E-state index in [9.17, 15) is 15.0 Å². The van der Waals surface area contributed by atoms with E-state index in [1.54, 1.807) is 38.1 Å². The van der Waals surface area contributed by atoms with E-state index in [-0.39, 0.29) is 17.3 Å². The summed E-state index contributed by atoms with van der Waals surface area (Å²) in [7, 11) is 0. The molecule has 0 aliphatic carbocycles. The van der Waals surface area contributed by atoms with Crippen LogP contribution >= 0.6 is 0 Å². The van der Waals surface area contributed by atoms with Gasteiger partial charge in [0.2, 0.25) is 0 Å². The van der Waals surface area contributed by atoms with Gasteiger partial charge in [-0.3, -0.25) is 4.79 Å². The van der Waals surface area contributed by atoms with Gasteiger partial charge < -0.3 is 19.7 Å². The molecule has 5 heteroatoms. The fourth-order valence-electron chi connectivity index (χ4n) is 4.30. The van der Waals surface area contributed by atoms with Crippen LogP contribution in [-0.4, -0.2) is 27.2 Å². The molecule has 0 radical (unpaired) electrons. The summed E-state index contributed by atoms with van der Waals surface area (Å²) in [5, 5.41) is 21.8. The Morgan fingerprint density at radius 2 is 1.12 bits per heavy atom. The first kappa shape index (κ1) is 22.0. The molecule has 0 saturated carbocycles. The molecular weight excluding hydrogens is 404 g/mol. The smallest absolute Gasteiger partial charge is 0.147 e. The molecule has 168 valence electrons. The Kier molecular flexibility index (Phi) is 5.11. The van der Waals surface area contributed by atoms with Crippen molar-refractivity contribution in [2.45, 2.75) is 64.6 Å². The number of phenolic OH excluding ortho intramolecular Hbond substituents is 2. The van der Waals surface area contributed by atoms with Crippen LogP contribution in [0.3, 0.4) is 0 Å². The number of benzene rings is 2. The van der Waals surface area contributed by atoms with Crippen LogP contribution in [0.15, 0.2) is 36.4 Å². The van der Waals surface area contributed by atoms with Gasteiger partial charge in [-0.05, 0) is 64.1 Å². The molecule has 2 heterocycles. The van der Waals surface area contributed by atoms with Gasteiger partial charge >= 0.3 is 0 Å². The molecule has 0 bridgehead atoms. The van der Waals surface area contributed by atoms with Crippen LogP contribution in [-0.2, 0) is 4.79 Å². The number of carbonyl (C=O) groups excluding carboxylic acids is 1. The van der Waals surface area contributed by atoms with Crippen molar-refractivity contribution in [2.75, 3.05) is 0 Å². The SMILES string of the molecule is CC(C(=O)C(C)c1ccc2c(c1O)C=CC(C)(C)O2)c1ccc2c(c1O)C=CC(C)(C)O2. The molecule has 2 aromatic rings. The van der Waals surface area contributed by atoms with Crippen molar-refractivity contribution >= 4 is 17.9 Å². The van der Waals surface area contributed by atoms with Crippen LogP contribution in [0, 0.1) is 0 Å². The number of hydrogen-bond donors (Lipinski definition) is 2. The molecule has 0 spiro atoms. The largest absolute Gasteiger partial charge is 0.507 e. The minimum Gasteiger partial charge on any atom is -0.507 e. The van der Waals surface area contributed by atoms with Crippen LogP contribution in [0.2, 0.25) is 0 Å². The zero-order valence-electron chi connectivity index (χ0n) is 19.4. The molecule has 4 rings (SSSR count). The van der Waals surface area contributed by atoms with E-state index in [0.717, 1.165) is 0 Å². The highest BCUT2D eigenvalue weighted by atomic mass is 16.5. The number of aromatic hydroxyl groups is 2. The summed E-state index contributed by atoms with van der Waals surface area (Å²) in [6.07, 6.45) is 7.44. The van der Waals surface area contributed by atoms with Crippen molar-refractivity contribution in [1.82, 2.24) is 0 Å². The highest BCUT2D eigenvalue weighted by molar-refractivity contribution is 5.93. The molecule has 2 aliphatic rings. The second-order valence-electron chi connectivity index (χ2n) is 9.75. The summed E-state index contributed by atoms with van der Waals surface area (Å²) in [5.74, 6) is 0.0465. The monoisotopic (exact) mass is 434 g/mol. The van der Waals surface area contributed by atoms with Gasteiger partial charge in [0.05, 0.1) is 11.1 Å². The summed E-state index contributed by atoms with van der Waals surface area (Å²) in [5.41, 5.74) is 1.33. The van der Waals surface area contributed by atoms with Gasteiger partial charge in [-0.25, -0.2) is 0 Å². The number of phenols is 2. The minimum atomic E-state index is -0.570. The Bertz CT molecular complexity index is 1060. The quantitative estimate of drug-likeness (QED) is 0.623. The maximum Gasteiger partial charge on any atom is 0.147 e. The third-order valence-corrected chi connectivity index (χ3v) is 6.25. The summed E-state index contributed by atoms with van der Waals surface area (Å²) in [6.45, 7) is 11.3. The minimum absolute atomic E-state index is 0.0514. The lowest BCUT2D eigenvalue weighted by atomic mass is 9.83. The van der Waals surface area contributed by atoms with Crippen LogP contribution in [0.25, 0.3) is 12.2 Å². The highest BCUT2D eigenvalue weighted by Crippen LogP contribution is 2.44. The normalized spacial score (nSPS) is 19.2. The zero-order chi connectivity index (χ0) is 23.4. The number of carbonyl (C=O) groups is 1. The van der Waals surface area contributed by atoms with E-state index in [1.807, 2.05) is 52.0 Å². The Labute approximate surface area is 189 Å². The lowest BCUT2D eigenvalue weighted by Crippen LogP contribution is -2.27. The molecule has 2 atom stereocenters. The average molecular weight is 435 g/mol. The maximum atomic E-state index is 13.4. The number of ketones is 1. The van der Waals surface area contributed by atoms with Crippen LogP contribution < -0.4 is 9.47 Å². The molecule has 0 aromatic heterocycles. The Balaban J connectivity index is 1.63. The Hall–Kier alpha value is -3.21. The number of hydrogen-bond acceptors (Lipinski definition) is 5. The fraction of sp³-hybridized carbons (Fsp3) is 0.370. The zero-order valence-corrected chi connectivity index (χ0v) is 19.4. The summed E-state index contributed by atoms with van der Waals surface area (Å²) >= 11 is 0. The van der Waals surface area contributed by atoms with Gasteiger partial charge in [0.25, 0.3) is 0 Å². The van der Waals surface area contributed by atoms with Crippen molar-refractivity contribution in [3.05, 3.63) is 58.7 Å². The second-order valence-corrected chi connectivity index (χ2v) is 9.75. The summed E-state index contributed by atoms with van der Waals surface area (Å²) in [4.78, 5) is 13.4. The van der Waals surface area contributed by atoms with E-state index < -0.39 is 23.0 Å². The second kappa shape index (κ2) is 7.44. The maximum absolute atomic E-state index is 13.4. The van der Waals surface area contributed by atoms with Gasteiger partial charge in [0.15, 0.2) is 0 Å². The molecular formula is C27H30O5. The molecule has 0 fully saturated rings. The third kappa shape index (κ3) is 3.77. The van der Waals surface area contributed by atoms with E-state index >= 15 is 0 Å². The highest BCUT2D eigenvalue weighted by Gasteiger charge is 2.32. The van der Waals surface area contributed by atoms with Crippen molar-refractivity contribution < 1.29 is 24.5 Å². The lowest BCUT2D eigenvalue weighted by molar-refractivity contribution is -0.121. The summed E-state index contributed by atoms with van der Waals surface area (Å²) < 4.78 is 11.8. The van der Waals surface area contributed by atoms with Crippen LogP contribution in [0.5, 0.6) is 23.0 Å². The van der Waals surface area contributed by atoms with E-state index in [1.165, 1.54) is 0 Å². The molecule has 2 unspecified atom stereocenters. The number of Topliss-reactive ketones (excluding diaryl/α,β-unsaturated/α-hetero) is 1. The van der Waals surface area contributed by atoms with Crippen molar-refractivity contribution in [3.63, 3.8) is 0 Å². The molecule has 0 saturated heterocycles. The number of rotatable bonds is 4. The molecule has 2 aliphatic heterocycles.